The third-order valence-corrected chi connectivity index (χ3v) is 3.65. The van der Waals surface area contributed by atoms with Crippen molar-refractivity contribution in [3.05, 3.63) is 90.2 Å². The van der Waals surface area contributed by atoms with E-state index in [0.717, 1.165) is 6.61 Å². The fourth-order valence-electron chi connectivity index (χ4n) is 2.56. The summed E-state index contributed by atoms with van der Waals surface area (Å²) >= 11 is 0. The molecule has 100 valence electrons. The van der Waals surface area contributed by atoms with Gasteiger partial charge >= 0.3 is 0 Å². The van der Waals surface area contributed by atoms with Crippen LogP contribution in [0.2, 0.25) is 0 Å². The van der Waals surface area contributed by atoms with Gasteiger partial charge in [0.1, 0.15) is 0 Å². The highest BCUT2D eigenvalue weighted by Gasteiger charge is 2.21. The molecule has 0 amide bonds. The number of hydrogen-bond donors (Lipinski definition) is 0. The molecular formula is C19H18O. The van der Waals surface area contributed by atoms with E-state index < -0.39 is 0 Å². The Kier molecular flexibility index (Phi) is 3.98. The van der Waals surface area contributed by atoms with E-state index in [-0.39, 0.29) is 0 Å². The second kappa shape index (κ2) is 6.25. The minimum atomic E-state index is 0.357. The standard InChI is InChI=1S/C19H18O/c1-3-7-16(8-4-1)11-12-19(18-13-14-20-15-18)17-9-5-2-6-10-17/h1-14,18-19H,15H2/b12-11+. The van der Waals surface area contributed by atoms with E-state index >= 15 is 0 Å². The van der Waals surface area contributed by atoms with Gasteiger partial charge in [0, 0.05) is 11.8 Å². The quantitative estimate of drug-likeness (QED) is 0.779. The van der Waals surface area contributed by atoms with Gasteiger partial charge in [0.15, 0.2) is 0 Å². The van der Waals surface area contributed by atoms with E-state index in [4.69, 9.17) is 4.74 Å². The SMILES string of the molecule is C1=CC(C(/C=C/c2ccccc2)c2ccccc2)CO1. The molecule has 0 radical (unpaired) electrons. The topological polar surface area (TPSA) is 9.23 Å². The average Bonchev–Trinajstić information content (AvgIpc) is 3.04. The Labute approximate surface area is 120 Å². The zero-order chi connectivity index (χ0) is 13.6. The van der Waals surface area contributed by atoms with Gasteiger partial charge in [-0.1, -0.05) is 72.8 Å². The third kappa shape index (κ3) is 3.00. The summed E-state index contributed by atoms with van der Waals surface area (Å²) in [6.45, 7) is 0.763. The van der Waals surface area contributed by atoms with E-state index in [2.05, 4.69) is 72.8 Å². The molecule has 1 aliphatic heterocycles. The minimum Gasteiger partial charge on any atom is -0.501 e. The smallest absolute Gasteiger partial charge is 0.0945 e. The molecule has 0 aromatic heterocycles. The Balaban J connectivity index is 1.86. The molecule has 0 spiro atoms. The zero-order valence-corrected chi connectivity index (χ0v) is 11.4. The lowest BCUT2D eigenvalue weighted by atomic mass is 9.86. The second-order valence-electron chi connectivity index (χ2n) is 5.03. The molecule has 2 unspecified atom stereocenters. The maximum absolute atomic E-state index is 5.40. The minimum absolute atomic E-state index is 0.357. The van der Waals surface area contributed by atoms with Crippen molar-refractivity contribution in [3.8, 4) is 0 Å². The predicted molar refractivity (Wildman–Crippen MR) is 83.2 cm³/mol. The zero-order valence-electron chi connectivity index (χ0n) is 11.4. The van der Waals surface area contributed by atoms with E-state index in [1.807, 2.05) is 12.3 Å². The highest BCUT2D eigenvalue weighted by atomic mass is 16.5. The van der Waals surface area contributed by atoms with Crippen molar-refractivity contribution >= 4 is 6.08 Å². The Bertz CT molecular complexity index is 584. The fraction of sp³-hybridized carbons (Fsp3) is 0.158. The maximum atomic E-state index is 5.40. The van der Waals surface area contributed by atoms with E-state index in [9.17, 15) is 0 Å². The summed E-state index contributed by atoms with van der Waals surface area (Å²) in [4.78, 5) is 0. The van der Waals surface area contributed by atoms with Crippen LogP contribution in [0.15, 0.2) is 79.1 Å². The molecule has 3 rings (SSSR count). The summed E-state index contributed by atoms with van der Waals surface area (Å²) in [5, 5.41) is 0. The van der Waals surface area contributed by atoms with Crippen LogP contribution in [0.4, 0.5) is 0 Å². The summed E-state index contributed by atoms with van der Waals surface area (Å²) in [6, 6.07) is 21.0. The Morgan fingerprint density at radius 2 is 1.65 bits per heavy atom. The summed E-state index contributed by atoms with van der Waals surface area (Å²) in [5.41, 5.74) is 2.57. The summed E-state index contributed by atoms with van der Waals surface area (Å²) < 4.78 is 5.40. The van der Waals surface area contributed by atoms with Crippen molar-refractivity contribution in [1.29, 1.82) is 0 Å². The first-order chi connectivity index (χ1) is 9.93. The number of ether oxygens (including phenoxy) is 1. The van der Waals surface area contributed by atoms with Gasteiger partial charge in [0.25, 0.3) is 0 Å². The van der Waals surface area contributed by atoms with E-state index in [0.29, 0.717) is 11.8 Å². The molecule has 0 saturated heterocycles. The predicted octanol–water partition coefficient (Wildman–Crippen LogP) is 4.64. The van der Waals surface area contributed by atoms with Crippen LogP contribution in [0.5, 0.6) is 0 Å². The Hall–Kier alpha value is -2.28. The van der Waals surface area contributed by atoms with Gasteiger partial charge in [0.05, 0.1) is 12.9 Å². The van der Waals surface area contributed by atoms with Crippen molar-refractivity contribution in [3.63, 3.8) is 0 Å². The normalized spacial score (nSPS) is 19.1. The first-order valence-corrected chi connectivity index (χ1v) is 7.00. The van der Waals surface area contributed by atoms with Crippen molar-refractivity contribution in [2.45, 2.75) is 5.92 Å². The van der Waals surface area contributed by atoms with Crippen LogP contribution in [0, 0.1) is 5.92 Å². The van der Waals surface area contributed by atoms with Crippen molar-refractivity contribution in [1.82, 2.24) is 0 Å². The summed E-state index contributed by atoms with van der Waals surface area (Å²) in [5.74, 6) is 0.771. The molecule has 20 heavy (non-hydrogen) atoms. The molecule has 2 aromatic carbocycles. The molecule has 1 nitrogen and oxygen atoms in total. The fourth-order valence-corrected chi connectivity index (χ4v) is 2.56. The molecule has 1 aliphatic rings. The van der Waals surface area contributed by atoms with Gasteiger partial charge in [0.2, 0.25) is 0 Å². The monoisotopic (exact) mass is 262 g/mol. The van der Waals surface area contributed by atoms with E-state index in [1.165, 1.54) is 11.1 Å². The highest BCUT2D eigenvalue weighted by Crippen LogP contribution is 2.30. The molecule has 0 bridgehead atoms. The van der Waals surface area contributed by atoms with Crippen LogP contribution in [-0.2, 0) is 4.74 Å². The molecule has 0 aliphatic carbocycles. The lowest BCUT2D eigenvalue weighted by molar-refractivity contribution is 0.242. The number of benzene rings is 2. The van der Waals surface area contributed by atoms with Gasteiger partial charge in [-0.15, -0.1) is 0 Å². The highest BCUT2D eigenvalue weighted by molar-refractivity contribution is 5.51. The van der Waals surface area contributed by atoms with Crippen molar-refractivity contribution < 1.29 is 4.74 Å². The lowest BCUT2D eigenvalue weighted by Gasteiger charge is -2.18. The molecule has 0 fully saturated rings. The lowest BCUT2D eigenvalue weighted by Crippen LogP contribution is -2.10. The number of rotatable bonds is 4. The van der Waals surface area contributed by atoms with Gasteiger partial charge in [-0.25, -0.2) is 0 Å². The Morgan fingerprint density at radius 1 is 0.950 bits per heavy atom. The third-order valence-electron chi connectivity index (χ3n) is 3.65. The molecule has 1 heterocycles. The Morgan fingerprint density at radius 3 is 2.30 bits per heavy atom. The summed E-state index contributed by atoms with van der Waals surface area (Å²) in [7, 11) is 0. The van der Waals surface area contributed by atoms with Crippen LogP contribution >= 0.6 is 0 Å². The van der Waals surface area contributed by atoms with Gasteiger partial charge in [-0.2, -0.15) is 0 Å². The molecular weight excluding hydrogens is 244 g/mol. The van der Waals surface area contributed by atoms with Crippen LogP contribution in [-0.4, -0.2) is 6.61 Å². The van der Waals surface area contributed by atoms with E-state index in [1.54, 1.807) is 0 Å². The van der Waals surface area contributed by atoms with Crippen LogP contribution in [0.1, 0.15) is 17.0 Å². The number of hydrogen-bond acceptors (Lipinski definition) is 1. The van der Waals surface area contributed by atoms with Crippen LogP contribution < -0.4 is 0 Å². The second-order valence-corrected chi connectivity index (χ2v) is 5.03. The van der Waals surface area contributed by atoms with Gasteiger partial charge in [-0.3, -0.25) is 0 Å². The van der Waals surface area contributed by atoms with Gasteiger partial charge < -0.3 is 4.74 Å². The molecule has 0 saturated carbocycles. The first-order valence-electron chi connectivity index (χ1n) is 7.00. The van der Waals surface area contributed by atoms with Crippen molar-refractivity contribution in [2.24, 2.45) is 5.92 Å². The molecule has 2 atom stereocenters. The maximum Gasteiger partial charge on any atom is 0.0945 e. The molecule has 0 N–H and O–H groups in total. The molecule has 2 aromatic rings. The average molecular weight is 262 g/mol. The number of allylic oxidation sites excluding steroid dienone is 1. The van der Waals surface area contributed by atoms with Crippen molar-refractivity contribution in [2.75, 3.05) is 6.61 Å². The first kappa shape index (κ1) is 12.7. The van der Waals surface area contributed by atoms with Crippen LogP contribution in [0.3, 0.4) is 0 Å². The van der Waals surface area contributed by atoms with Crippen LogP contribution in [0.25, 0.3) is 6.08 Å². The van der Waals surface area contributed by atoms with Gasteiger partial charge in [-0.05, 0) is 17.2 Å². The summed E-state index contributed by atoms with van der Waals surface area (Å²) in [6.07, 6.45) is 8.46. The largest absolute Gasteiger partial charge is 0.501 e. The molecule has 1 heteroatoms.